The fraction of sp³-hybridized carbons (Fsp3) is 0.667. The Bertz CT molecular complexity index is 204. The molecule has 13 heavy (non-hydrogen) atoms. The lowest BCUT2D eigenvalue weighted by atomic mass is 10.3. The van der Waals surface area contributed by atoms with Crippen LogP contribution in [0.25, 0.3) is 0 Å². The van der Waals surface area contributed by atoms with Gasteiger partial charge in [0.15, 0.2) is 0 Å². The first-order valence-corrected chi connectivity index (χ1v) is 4.26. The summed E-state index contributed by atoms with van der Waals surface area (Å²) in [5.41, 5.74) is 5.20. The molecule has 4 heteroatoms. The molecule has 0 radical (unpaired) electrons. The third kappa shape index (κ3) is 7.33. The Labute approximate surface area is 80.9 Å². The molecule has 0 heterocycles. The number of allylic oxidation sites excluding steroid dienone is 2. The molecule has 0 aromatic rings. The number of hydrazine groups is 1. The summed E-state index contributed by atoms with van der Waals surface area (Å²) in [5.74, 6) is 0. The third-order valence-corrected chi connectivity index (χ3v) is 1.18. The Morgan fingerprint density at radius 2 is 1.69 bits per heavy atom. The van der Waals surface area contributed by atoms with Gasteiger partial charge in [0, 0.05) is 33.9 Å². The molecule has 4 nitrogen and oxygen atoms in total. The maximum Gasteiger partial charge on any atom is 0.0591 e. The summed E-state index contributed by atoms with van der Waals surface area (Å²) in [7, 11) is 7.73. The molecule has 0 aliphatic carbocycles. The van der Waals surface area contributed by atoms with E-state index >= 15 is 0 Å². The largest absolute Gasteiger partial charge is 0.324 e. The van der Waals surface area contributed by atoms with E-state index in [2.05, 4.69) is 10.5 Å². The van der Waals surface area contributed by atoms with Gasteiger partial charge in [0.1, 0.15) is 0 Å². The Morgan fingerprint density at radius 1 is 1.15 bits per heavy atom. The highest BCUT2D eigenvalue weighted by Crippen LogP contribution is 1.91. The van der Waals surface area contributed by atoms with Crippen LogP contribution in [0.2, 0.25) is 0 Å². The lowest BCUT2D eigenvalue weighted by Gasteiger charge is -2.13. The summed E-state index contributed by atoms with van der Waals surface area (Å²) < 4.78 is 0. The molecule has 0 spiro atoms. The van der Waals surface area contributed by atoms with Crippen molar-refractivity contribution in [1.29, 1.82) is 0 Å². The molecular weight excluding hydrogens is 164 g/mol. The number of hydrogen-bond acceptors (Lipinski definition) is 4. The predicted molar refractivity (Wildman–Crippen MR) is 57.4 cm³/mol. The van der Waals surface area contributed by atoms with E-state index in [1.807, 2.05) is 53.1 Å². The molecule has 0 aromatic heterocycles. The minimum atomic E-state index is 0.983. The molecule has 1 N–H and O–H groups in total. The van der Waals surface area contributed by atoms with Crippen molar-refractivity contribution in [3.05, 3.63) is 11.8 Å². The highest BCUT2D eigenvalue weighted by Gasteiger charge is 1.91. The maximum absolute atomic E-state index is 4.24. The summed E-state index contributed by atoms with van der Waals surface area (Å²) >= 11 is 0. The average Bonchev–Trinajstić information content (AvgIpc) is 1.80. The van der Waals surface area contributed by atoms with Gasteiger partial charge < -0.3 is 10.4 Å². The minimum absolute atomic E-state index is 0.983. The third-order valence-electron chi connectivity index (χ3n) is 1.18. The molecule has 0 bridgehead atoms. The normalized spacial score (nSPS) is 13.5. The Morgan fingerprint density at radius 3 is 2.08 bits per heavy atom. The summed E-state index contributed by atoms with van der Waals surface area (Å²) in [4.78, 5) is 0. The molecule has 0 aromatic carbocycles. The monoisotopic (exact) mass is 184 g/mol. The van der Waals surface area contributed by atoms with Crippen LogP contribution in [0, 0.1) is 0 Å². The molecule has 0 amide bonds. The van der Waals surface area contributed by atoms with E-state index in [-0.39, 0.29) is 0 Å². The van der Waals surface area contributed by atoms with Gasteiger partial charge in [0.05, 0.1) is 5.71 Å². The van der Waals surface area contributed by atoms with Crippen LogP contribution in [-0.2, 0) is 0 Å². The van der Waals surface area contributed by atoms with Crippen molar-refractivity contribution in [1.82, 2.24) is 15.4 Å². The number of nitrogens with zero attached hydrogens (tertiary/aromatic N) is 3. The van der Waals surface area contributed by atoms with Gasteiger partial charge >= 0.3 is 0 Å². The van der Waals surface area contributed by atoms with E-state index in [1.54, 1.807) is 5.01 Å². The highest BCUT2D eigenvalue weighted by molar-refractivity contribution is 5.92. The second-order valence-corrected chi connectivity index (χ2v) is 3.42. The van der Waals surface area contributed by atoms with Gasteiger partial charge in [-0.15, -0.1) is 0 Å². The lowest BCUT2D eigenvalue weighted by molar-refractivity contribution is 0.328. The Hall–Kier alpha value is -1.03. The quantitative estimate of drug-likeness (QED) is 0.520. The van der Waals surface area contributed by atoms with Crippen molar-refractivity contribution in [2.24, 2.45) is 5.10 Å². The van der Waals surface area contributed by atoms with Crippen LogP contribution in [0.15, 0.2) is 16.9 Å². The molecule has 0 saturated heterocycles. The molecule has 0 atom stereocenters. The topological polar surface area (TPSA) is 30.9 Å². The van der Waals surface area contributed by atoms with Gasteiger partial charge in [-0.05, 0) is 19.9 Å². The molecule has 0 unspecified atom stereocenters. The molecule has 0 fully saturated rings. The number of rotatable bonds is 4. The summed E-state index contributed by atoms with van der Waals surface area (Å²) in [6, 6.07) is 0. The van der Waals surface area contributed by atoms with E-state index < -0.39 is 0 Å². The first-order chi connectivity index (χ1) is 5.91. The standard InChI is InChI=1S/C9H20N4/c1-8(10-12(3)4)7-9(2)11-13(5)6/h7,10H,1-6H3/b8-7+,11-9+. The zero-order valence-corrected chi connectivity index (χ0v) is 9.42. The van der Waals surface area contributed by atoms with E-state index in [1.165, 1.54) is 0 Å². The summed E-state index contributed by atoms with van der Waals surface area (Å²) in [5, 5.41) is 7.92. The van der Waals surface area contributed by atoms with Gasteiger partial charge in [-0.25, -0.2) is 5.01 Å². The van der Waals surface area contributed by atoms with Gasteiger partial charge in [-0.1, -0.05) is 0 Å². The fourth-order valence-electron chi connectivity index (χ4n) is 1.04. The second kappa shape index (κ2) is 5.59. The summed E-state index contributed by atoms with van der Waals surface area (Å²) in [6.45, 7) is 3.98. The van der Waals surface area contributed by atoms with E-state index in [9.17, 15) is 0 Å². The molecule has 0 saturated carbocycles. The van der Waals surface area contributed by atoms with Gasteiger partial charge in [-0.3, -0.25) is 0 Å². The predicted octanol–water partition coefficient (Wildman–Crippen LogP) is 0.894. The second-order valence-electron chi connectivity index (χ2n) is 3.42. The van der Waals surface area contributed by atoms with Crippen molar-refractivity contribution in [3.8, 4) is 0 Å². The van der Waals surface area contributed by atoms with E-state index in [4.69, 9.17) is 0 Å². The van der Waals surface area contributed by atoms with Crippen LogP contribution in [0.1, 0.15) is 13.8 Å². The molecule has 0 aliphatic rings. The minimum Gasteiger partial charge on any atom is -0.324 e. The Kier molecular flexibility index (Phi) is 5.14. The van der Waals surface area contributed by atoms with Crippen molar-refractivity contribution < 1.29 is 0 Å². The first kappa shape index (κ1) is 12.0. The molecule has 76 valence electrons. The smallest absolute Gasteiger partial charge is 0.0591 e. The van der Waals surface area contributed by atoms with Crippen LogP contribution in [0.5, 0.6) is 0 Å². The Balaban J connectivity index is 4.21. The van der Waals surface area contributed by atoms with Gasteiger partial charge in [0.25, 0.3) is 0 Å². The first-order valence-electron chi connectivity index (χ1n) is 4.26. The van der Waals surface area contributed by atoms with Crippen LogP contribution < -0.4 is 5.43 Å². The number of hydrazone groups is 1. The van der Waals surface area contributed by atoms with Crippen molar-refractivity contribution in [2.75, 3.05) is 28.2 Å². The van der Waals surface area contributed by atoms with Gasteiger partial charge in [-0.2, -0.15) is 5.10 Å². The van der Waals surface area contributed by atoms with Gasteiger partial charge in [0.2, 0.25) is 0 Å². The van der Waals surface area contributed by atoms with Crippen molar-refractivity contribution >= 4 is 5.71 Å². The van der Waals surface area contributed by atoms with Crippen LogP contribution in [0.3, 0.4) is 0 Å². The summed E-state index contributed by atoms with van der Waals surface area (Å²) in [6.07, 6.45) is 2.00. The number of hydrogen-bond donors (Lipinski definition) is 1. The van der Waals surface area contributed by atoms with Crippen LogP contribution in [-0.4, -0.2) is 43.9 Å². The molecular formula is C9H20N4. The van der Waals surface area contributed by atoms with Crippen LogP contribution >= 0.6 is 0 Å². The van der Waals surface area contributed by atoms with Crippen LogP contribution in [0.4, 0.5) is 0 Å². The maximum atomic E-state index is 4.24. The van der Waals surface area contributed by atoms with Crippen molar-refractivity contribution in [3.63, 3.8) is 0 Å². The SMILES string of the molecule is C/C(=C\C(C)=N\N(C)C)NN(C)C. The zero-order chi connectivity index (χ0) is 10.4. The highest BCUT2D eigenvalue weighted by atomic mass is 15.5. The van der Waals surface area contributed by atoms with Crippen molar-refractivity contribution in [2.45, 2.75) is 13.8 Å². The van der Waals surface area contributed by atoms with E-state index in [0.717, 1.165) is 11.4 Å². The molecule has 0 aliphatic heterocycles. The lowest BCUT2D eigenvalue weighted by Crippen LogP contribution is -2.28. The van der Waals surface area contributed by atoms with E-state index in [0.29, 0.717) is 0 Å². The zero-order valence-electron chi connectivity index (χ0n) is 9.42. The number of nitrogens with one attached hydrogen (secondary N) is 1. The fourth-order valence-corrected chi connectivity index (χ4v) is 1.04. The average molecular weight is 184 g/mol. The molecule has 0 rings (SSSR count).